The van der Waals surface area contributed by atoms with E-state index in [-0.39, 0.29) is 11.3 Å². The monoisotopic (exact) mass is 327 g/mol. The SMILES string of the molecule is CNC(=O)c1ccc(OCC(F)F)cc1OC(=O)C(F)(F)F. The Morgan fingerprint density at radius 2 is 1.91 bits per heavy atom. The van der Waals surface area contributed by atoms with Crippen molar-refractivity contribution in [3.63, 3.8) is 0 Å². The number of ether oxygens (including phenoxy) is 2. The second-order valence-electron chi connectivity index (χ2n) is 3.83. The van der Waals surface area contributed by atoms with Crippen molar-refractivity contribution in [1.29, 1.82) is 0 Å². The van der Waals surface area contributed by atoms with Gasteiger partial charge in [0.2, 0.25) is 0 Å². The quantitative estimate of drug-likeness (QED) is 0.511. The summed E-state index contributed by atoms with van der Waals surface area (Å²) in [5.41, 5.74) is -0.385. The van der Waals surface area contributed by atoms with E-state index in [2.05, 4.69) is 14.8 Å². The first-order chi connectivity index (χ1) is 10.1. The van der Waals surface area contributed by atoms with Gasteiger partial charge in [0, 0.05) is 13.1 Å². The maximum atomic E-state index is 12.2. The average molecular weight is 327 g/mol. The van der Waals surface area contributed by atoms with Gasteiger partial charge in [-0.25, -0.2) is 13.6 Å². The Morgan fingerprint density at radius 3 is 2.41 bits per heavy atom. The number of amides is 1. The highest BCUT2D eigenvalue weighted by Gasteiger charge is 2.42. The zero-order chi connectivity index (χ0) is 16.9. The van der Waals surface area contributed by atoms with Gasteiger partial charge in [-0.3, -0.25) is 4.79 Å². The number of carbonyl (C=O) groups excluding carboxylic acids is 2. The molecule has 22 heavy (non-hydrogen) atoms. The van der Waals surface area contributed by atoms with Gasteiger partial charge in [-0.15, -0.1) is 0 Å². The third-order valence-corrected chi connectivity index (χ3v) is 2.23. The molecule has 1 aromatic carbocycles. The molecular formula is C12H10F5NO4. The fraction of sp³-hybridized carbons (Fsp3) is 0.333. The molecule has 0 saturated heterocycles. The number of carbonyl (C=O) groups is 2. The zero-order valence-electron chi connectivity index (χ0n) is 11.0. The van der Waals surface area contributed by atoms with Gasteiger partial charge in [0.25, 0.3) is 12.3 Å². The van der Waals surface area contributed by atoms with E-state index in [9.17, 15) is 31.5 Å². The third kappa shape index (κ3) is 4.86. The molecule has 1 aromatic rings. The Balaban J connectivity index is 3.09. The summed E-state index contributed by atoms with van der Waals surface area (Å²) in [5, 5.41) is 2.13. The molecule has 5 nitrogen and oxygen atoms in total. The van der Waals surface area contributed by atoms with Gasteiger partial charge in [-0.05, 0) is 12.1 Å². The highest BCUT2D eigenvalue weighted by molar-refractivity contribution is 5.97. The molecule has 10 heteroatoms. The molecule has 0 spiro atoms. The van der Waals surface area contributed by atoms with Gasteiger partial charge in [0.15, 0.2) is 0 Å². The molecule has 1 amide bonds. The van der Waals surface area contributed by atoms with Crippen molar-refractivity contribution in [3.05, 3.63) is 23.8 Å². The average Bonchev–Trinajstić information content (AvgIpc) is 2.43. The topological polar surface area (TPSA) is 64.6 Å². The largest absolute Gasteiger partial charge is 0.491 e. The Kier molecular flexibility index (Phi) is 5.66. The zero-order valence-corrected chi connectivity index (χ0v) is 11.0. The van der Waals surface area contributed by atoms with E-state index in [1.54, 1.807) is 0 Å². The van der Waals surface area contributed by atoms with Crippen LogP contribution in [0.15, 0.2) is 18.2 Å². The second-order valence-corrected chi connectivity index (χ2v) is 3.83. The molecule has 0 aliphatic carbocycles. The van der Waals surface area contributed by atoms with E-state index in [1.165, 1.54) is 7.05 Å². The van der Waals surface area contributed by atoms with Crippen molar-refractivity contribution in [2.24, 2.45) is 0 Å². The van der Waals surface area contributed by atoms with Gasteiger partial charge >= 0.3 is 12.1 Å². The molecule has 0 aliphatic rings. The van der Waals surface area contributed by atoms with Gasteiger partial charge in [-0.2, -0.15) is 13.2 Å². The van der Waals surface area contributed by atoms with Crippen LogP contribution in [-0.4, -0.2) is 38.1 Å². The van der Waals surface area contributed by atoms with Crippen LogP contribution in [0.1, 0.15) is 10.4 Å². The number of rotatable bonds is 5. The number of esters is 1. The summed E-state index contributed by atoms with van der Waals surface area (Å²) in [6.45, 7) is -1.01. The van der Waals surface area contributed by atoms with Crippen molar-refractivity contribution in [3.8, 4) is 11.5 Å². The highest BCUT2D eigenvalue weighted by atomic mass is 19.4. The van der Waals surface area contributed by atoms with E-state index in [0.717, 1.165) is 18.2 Å². The smallest absolute Gasteiger partial charge is 0.488 e. The van der Waals surface area contributed by atoms with E-state index in [4.69, 9.17) is 0 Å². The van der Waals surface area contributed by atoms with Crippen LogP contribution in [0.2, 0.25) is 0 Å². The Labute approximate surface area is 121 Å². The first kappa shape index (κ1) is 17.7. The van der Waals surface area contributed by atoms with E-state index in [0.29, 0.717) is 0 Å². The summed E-state index contributed by atoms with van der Waals surface area (Å²) in [6.07, 6.45) is -8.08. The van der Waals surface area contributed by atoms with Crippen molar-refractivity contribution in [2.75, 3.05) is 13.7 Å². The van der Waals surface area contributed by atoms with E-state index >= 15 is 0 Å². The molecule has 0 heterocycles. The number of nitrogens with one attached hydrogen (secondary N) is 1. The molecule has 0 aromatic heterocycles. The molecule has 0 fully saturated rings. The number of hydrogen-bond acceptors (Lipinski definition) is 4. The van der Waals surface area contributed by atoms with Crippen LogP contribution in [-0.2, 0) is 4.79 Å². The summed E-state index contributed by atoms with van der Waals surface area (Å²) in [6, 6.07) is 2.81. The fourth-order valence-corrected chi connectivity index (χ4v) is 1.32. The predicted octanol–water partition coefficient (Wildman–Crippen LogP) is 2.16. The van der Waals surface area contributed by atoms with Gasteiger partial charge in [-0.1, -0.05) is 0 Å². The molecule has 1 N–H and O–H groups in total. The minimum Gasteiger partial charge on any atom is -0.488 e. The molecule has 0 bridgehead atoms. The summed E-state index contributed by atoms with van der Waals surface area (Å²) < 4.78 is 69.3. The molecule has 0 saturated carbocycles. The van der Waals surface area contributed by atoms with Crippen LogP contribution >= 0.6 is 0 Å². The first-order valence-corrected chi connectivity index (χ1v) is 5.71. The normalized spacial score (nSPS) is 11.2. The number of halogens is 5. The van der Waals surface area contributed by atoms with Crippen LogP contribution in [0, 0.1) is 0 Å². The Morgan fingerprint density at radius 1 is 1.27 bits per heavy atom. The van der Waals surface area contributed by atoms with E-state index < -0.39 is 36.8 Å². The Bertz CT molecular complexity index is 559. The predicted molar refractivity (Wildman–Crippen MR) is 63.0 cm³/mol. The highest BCUT2D eigenvalue weighted by Crippen LogP contribution is 2.28. The minimum atomic E-state index is -5.28. The van der Waals surface area contributed by atoms with Crippen LogP contribution in [0.3, 0.4) is 0 Å². The molecular weight excluding hydrogens is 317 g/mol. The van der Waals surface area contributed by atoms with Crippen molar-refractivity contribution in [1.82, 2.24) is 5.32 Å². The number of benzene rings is 1. The number of alkyl halides is 5. The van der Waals surface area contributed by atoms with Crippen LogP contribution in [0.5, 0.6) is 11.5 Å². The van der Waals surface area contributed by atoms with Gasteiger partial charge in [0.05, 0.1) is 5.56 Å². The molecule has 0 aliphatic heterocycles. The van der Waals surface area contributed by atoms with Crippen LogP contribution in [0.25, 0.3) is 0 Å². The molecule has 0 radical (unpaired) electrons. The van der Waals surface area contributed by atoms with Gasteiger partial charge < -0.3 is 14.8 Å². The Hall–Kier alpha value is -2.39. The molecule has 0 unspecified atom stereocenters. The lowest BCUT2D eigenvalue weighted by Crippen LogP contribution is -2.29. The molecule has 1 rings (SSSR count). The van der Waals surface area contributed by atoms with Crippen molar-refractivity contribution >= 4 is 11.9 Å². The lowest BCUT2D eigenvalue weighted by molar-refractivity contribution is -0.189. The van der Waals surface area contributed by atoms with Crippen molar-refractivity contribution < 1.29 is 41.0 Å². The lowest BCUT2D eigenvalue weighted by atomic mass is 10.2. The molecule has 0 atom stereocenters. The first-order valence-electron chi connectivity index (χ1n) is 5.71. The summed E-state index contributed by atoms with van der Waals surface area (Å²) >= 11 is 0. The summed E-state index contributed by atoms with van der Waals surface area (Å²) in [7, 11) is 1.21. The van der Waals surface area contributed by atoms with Crippen LogP contribution < -0.4 is 14.8 Å². The maximum Gasteiger partial charge on any atom is 0.491 e. The second kappa shape index (κ2) is 7.05. The third-order valence-electron chi connectivity index (χ3n) is 2.23. The fourth-order valence-electron chi connectivity index (χ4n) is 1.32. The maximum absolute atomic E-state index is 12.2. The number of hydrogen-bond donors (Lipinski definition) is 1. The lowest BCUT2D eigenvalue weighted by Gasteiger charge is -2.13. The summed E-state index contributed by atoms with van der Waals surface area (Å²) in [4.78, 5) is 22.3. The molecule has 122 valence electrons. The van der Waals surface area contributed by atoms with Crippen LogP contribution in [0.4, 0.5) is 22.0 Å². The standard InChI is InChI=1S/C12H10F5NO4/c1-18-10(19)7-3-2-6(21-5-9(13)14)4-8(7)22-11(20)12(15,16)17/h2-4,9H,5H2,1H3,(H,18,19). The van der Waals surface area contributed by atoms with Gasteiger partial charge in [0.1, 0.15) is 18.1 Å². The van der Waals surface area contributed by atoms with E-state index in [1.807, 2.05) is 0 Å². The summed E-state index contributed by atoms with van der Waals surface area (Å²) in [5.74, 6) is -4.42. The van der Waals surface area contributed by atoms with Crippen molar-refractivity contribution in [2.45, 2.75) is 12.6 Å². The minimum absolute atomic E-state index is 0.280.